The molecule has 3 N–H and O–H groups in total. The maximum Gasteiger partial charge on any atom is 0.123 e. The highest BCUT2D eigenvalue weighted by atomic mass is 79.9. The molecule has 0 spiro atoms. The number of thiophene rings is 1. The summed E-state index contributed by atoms with van der Waals surface area (Å²) in [4.78, 5) is 4.36. The van der Waals surface area contributed by atoms with Gasteiger partial charge in [0, 0.05) is 34.4 Å². The number of halogens is 2. The minimum Gasteiger partial charge on any atom is -0.361 e. The Morgan fingerprint density at radius 1 is 1.32 bits per heavy atom. The van der Waals surface area contributed by atoms with Gasteiger partial charge in [0.05, 0.1) is 3.79 Å². The Kier molecular flexibility index (Phi) is 3.43. The molecule has 0 aliphatic heterocycles. The molecule has 0 radical (unpaired) electrons. The van der Waals surface area contributed by atoms with Crippen molar-refractivity contribution in [3.8, 4) is 0 Å². The smallest absolute Gasteiger partial charge is 0.123 e. The second-order valence-electron chi connectivity index (χ2n) is 4.36. The van der Waals surface area contributed by atoms with Crippen LogP contribution < -0.4 is 5.73 Å². The Balaban J connectivity index is 2.13. The van der Waals surface area contributed by atoms with Crippen LogP contribution in [0.15, 0.2) is 40.3 Å². The first-order valence-corrected chi connectivity index (χ1v) is 7.52. The Hall–Kier alpha value is -1.17. The number of rotatable bonds is 3. The van der Waals surface area contributed by atoms with E-state index in [9.17, 15) is 4.39 Å². The Bertz CT molecular complexity index is 719. The third-order valence-electron chi connectivity index (χ3n) is 3.22. The number of benzene rings is 1. The fourth-order valence-corrected chi connectivity index (χ4v) is 3.87. The minimum absolute atomic E-state index is 0.0897. The summed E-state index contributed by atoms with van der Waals surface area (Å²) in [7, 11) is 0. The number of nitrogens with one attached hydrogen (secondary N) is 1. The lowest BCUT2D eigenvalue weighted by Gasteiger charge is -2.12. The standard InChI is InChI=1S/C14H12BrFN2S/c15-14-4-3-13(19-14)10(6-17)11-7-18-12-2-1-8(16)5-9(11)12/h1-5,7,10,18H,6,17H2. The highest BCUT2D eigenvalue weighted by Crippen LogP contribution is 2.35. The van der Waals surface area contributed by atoms with Gasteiger partial charge >= 0.3 is 0 Å². The van der Waals surface area contributed by atoms with Crippen molar-refractivity contribution in [2.45, 2.75) is 5.92 Å². The Morgan fingerprint density at radius 3 is 2.84 bits per heavy atom. The van der Waals surface area contributed by atoms with Gasteiger partial charge in [0.2, 0.25) is 0 Å². The van der Waals surface area contributed by atoms with E-state index in [4.69, 9.17) is 5.73 Å². The van der Waals surface area contributed by atoms with Crippen molar-refractivity contribution in [2.75, 3.05) is 6.54 Å². The first-order chi connectivity index (χ1) is 9.19. The zero-order valence-corrected chi connectivity index (χ0v) is 12.4. The zero-order valence-electron chi connectivity index (χ0n) is 9.99. The summed E-state index contributed by atoms with van der Waals surface area (Å²) >= 11 is 5.12. The van der Waals surface area contributed by atoms with Crippen LogP contribution in [0, 0.1) is 5.82 Å². The molecule has 5 heteroatoms. The molecule has 0 aliphatic rings. The van der Waals surface area contributed by atoms with Gasteiger partial charge in [-0.3, -0.25) is 0 Å². The van der Waals surface area contributed by atoms with E-state index in [0.29, 0.717) is 6.54 Å². The molecule has 3 aromatic rings. The SMILES string of the molecule is NCC(c1ccc(Br)s1)c1c[nH]c2ccc(F)cc12. The molecule has 1 atom stereocenters. The second-order valence-corrected chi connectivity index (χ2v) is 6.86. The van der Waals surface area contributed by atoms with Gasteiger partial charge in [0.15, 0.2) is 0 Å². The van der Waals surface area contributed by atoms with Crippen LogP contribution >= 0.6 is 27.3 Å². The predicted octanol–water partition coefficient (Wildman–Crippen LogP) is 4.22. The number of aromatic amines is 1. The lowest BCUT2D eigenvalue weighted by molar-refractivity contribution is 0.629. The zero-order chi connectivity index (χ0) is 13.4. The van der Waals surface area contributed by atoms with Crippen molar-refractivity contribution in [2.24, 2.45) is 5.73 Å². The third kappa shape index (κ3) is 2.33. The molecule has 0 aliphatic carbocycles. The molecule has 2 aromatic heterocycles. The average molecular weight is 339 g/mol. The molecule has 1 aromatic carbocycles. The lowest BCUT2D eigenvalue weighted by atomic mass is 9.97. The average Bonchev–Trinajstić information content (AvgIpc) is 2.98. The van der Waals surface area contributed by atoms with E-state index in [2.05, 4.69) is 27.0 Å². The quantitative estimate of drug-likeness (QED) is 0.737. The van der Waals surface area contributed by atoms with E-state index >= 15 is 0 Å². The fraction of sp³-hybridized carbons (Fsp3) is 0.143. The monoisotopic (exact) mass is 338 g/mol. The third-order valence-corrected chi connectivity index (χ3v) is 4.96. The van der Waals surface area contributed by atoms with Gasteiger partial charge in [0.25, 0.3) is 0 Å². The number of aromatic nitrogens is 1. The number of hydrogen-bond donors (Lipinski definition) is 2. The normalized spacial score (nSPS) is 13.0. The van der Waals surface area contributed by atoms with Crippen LogP contribution in [0.5, 0.6) is 0 Å². The summed E-state index contributed by atoms with van der Waals surface area (Å²) in [5, 5.41) is 0.903. The Labute approximate surface area is 122 Å². The summed E-state index contributed by atoms with van der Waals surface area (Å²) < 4.78 is 14.5. The number of H-pyrrole nitrogens is 1. The van der Waals surface area contributed by atoms with Gasteiger partial charge in [-0.1, -0.05) is 0 Å². The number of hydrogen-bond acceptors (Lipinski definition) is 2. The van der Waals surface area contributed by atoms with Crippen molar-refractivity contribution in [1.82, 2.24) is 4.98 Å². The molecular formula is C14H12BrFN2S. The molecule has 1 unspecified atom stereocenters. The van der Waals surface area contributed by atoms with Crippen LogP contribution in [-0.4, -0.2) is 11.5 Å². The maximum atomic E-state index is 13.4. The maximum absolute atomic E-state index is 13.4. The van der Waals surface area contributed by atoms with Gasteiger partial charge in [-0.25, -0.2) is 4.39 Å². The van der Waals surface area contributed by atoms with Gasteiger partial charge in [-0.15, -0.1) is 11.3 Å². The minimum atomic E-state index is -0.225. The van der Waals surface area contributed by atoms with Crippen LogP contribution in [0.3, 0.4) is 0 Å². The highest BCUT2D eigenvalue weighted by Gasteiger charge is 2.18. The second kappa shape index (κ2) is 5.07. The van der Waals surface area contributed by atoms with Gasteiger partial charge < -0.3 is 10.7 Å². The molecule has 0 amide bonds. The molecule has 3 rings (SSSR count). The molecule has 98 valence electrons. The predicted molar refractivity (Wildman–Crippen MR) is 81.2 cm³/mol. The number of nitrogens with two attached hydrogens (primary N) is 1. The lowest BCUT2D eigenvalue weighted by Crippen LogP contribution is -2.12. The van der Waals surface area contributed by atoms with Gasteiger partial charge in [-0.05, 0) is 51.8 Å². The van der Waals surface area contributed by atoms with Crippen LogP contribution in [0.25, 0.3) is 10.9 Å². The summed E-state index contributed by atoms with van der Waals surface area (Å²) in [6.07, 6.45) is 1.93. The first-order valence-electron chi connectivity index (χ1n) is 5.91. The summed E-state index contributed by atoms with van der Waals surface area (Å²) in [6.45, 7) is 0.496. The van der Waals surface area contributed by atoms with Gasteiger partial charge in [0.1, 0.15) is 5.82 Å². The molecular weight excluding hydrogens is 327 g/mol. The van der Waals surface area contributed by atoms with Crippen LogP contribution in [0.1, 0.15) is 16.4 Å². The highest BCUT2D eigenvalue weighted by molar-refractivity contribution is 9.11. The van der Waals surface area contributed by atoms with Crippen molar-refractivity contribution in [1.29, 1.82) is 0 Å². The first kappa shape index (κ1) is 12.8. The largest absolute Gasteiger partial charge is 0.361 e. The van der Waals surface area contributed by atoms with E-state index in [-0.39, 0.29) is 11.7 Å². The van der Waals surface area contributed by atoms with Crippen LogP contribution in [0.2, 0.25) is 0 Å². The molecule has 2 nitrogen and oxygen atoms in total. The van der Waals surface area contributed by atoms with Crippen LogP contribution in [-0.2, 0) is 0 Å². The van der Waals surface area contributed by atoms with E-state index in [1.54, 1.807) is 23.5 Å². The van der Waals surface area contributed by atoms with Crippen molar-refractivity contribution < 1.29 is 4.39 Å². The van der Waals surface area contributed by atoms with E-state index in [1.165, 1.54) is 10.9 Å². The van der Waals surface area contributed by atoms with E-state index in [1.807, 2.05) is 12.3 Å². The van der Waals surface area contributed by atoms with E-state index in [0.717, 1.165) is 20.3 Å². The van der Waals surface area contributed by atoms with Crippen LogP contribution in [0.4, 0.5) is 4.39 Å². The molecule has 2 heterocycles. The van der Waals surface area contributed by atoms with Crippen molar-refractivity contribution in [3.05, 3.63) is 56.6 Å². The Morgan fingerprint density at radius 2 is 2.16 bits per heavy atom. The van der Waals surface area contributed by atoms with E-state index < -0.39 is 0 Å². The summed E-state index contributed by atoms with van der Waals surface area (Å²) in [6, 6.07) is 8.85. The van der Waals surface area contributed by atoms with Crippen molar-refractivity contribution in [3.63, 3.8) is 0 Å². The molecule has 0 saturated heterocycles. The summed E-state index contributed by atoms with van der Waals surface area (Å²) in [5.41, 5.74) is 7.90. The molecule has 0 saturated carbocycles. The molecule has 0 fully saturated rings. The molecule has 19 heavy (non-hydrogen) atoms. The van der Waals surface area contributed by atoms with Crippen molar-refractivity contribution >= 4 is 38.2 Å². The fourth-order valence-electron chi connectivity index (χ4n) is 2.31. The number of fused-ring (bicyclic) bond motifs is 1. The molecule has 0 bridgehead atoms. The topological polar surface area (TPSA) is 41.8 Å². The summed E-state index contributed by atoms with van der Waals surface area (Å²) in [5.74, 6) is -0.136. The van der Waals surface area contributed by atoms with Gasteiger partial charge in [-0.2, -0.15) is 0 Å².